The molecule has 312 valence electrons. The van der Waals surface area contributed by atoms with E-state index in [-0.39, 0.29) is 23.8 Å². The van der Waals surface area contributed by atoms with Gasteiger partial charge in [0.2, 0.25) is 11.8 Å². The van der Waals surface area contributed by atoms with Crippen molar-refractivity contribution in [3.05, 3.63) is 39.9 Å². The molecule has 8 aliphatic carbocycles. The van der Waals surface area contributed by atoms with Crippen LogP contribution in [0.25, 0.3) is 10.9 Å². The van der Waals surface area contributed by atoms with Gasteiger partial charge >= 0.3 is 0 Å². The molecule has 2 amide bonds. The van der Waals surface area contributed by atoms with E-state index in [0.29, 0.717) is 35.1 Å². The van der Waals surface area contributed by atoms with Gasteiger partial charge < -0.3 is 10.6 Å². The third kappa shape index (κ3) is 9.12. The van der Waals surface area contributed by atoms with E-state index in [1.807, 2.05) is 12.1 Å². The molecule has 1 aromatic heterocycles. The molecule has 57 heavy (non-hydrogen) atoms. The highest BCUT2D eigenvalue weighted by molar-refractivity contribution is 5.99. The zero-order valence-corrected chi connectivity index (χ0v) is 35.1. The summed E-state index contributed by atoms with van der Waals surface area (Å²) in [5.41, 5.74) is 2.61. The van der Waals surface area contributed by atoms with Crippen molar-refractivity contribution in [2.24, 2.45) is 35.5 Å². The molecule has 8 saturated carbocycles. The first kappa shape index (κ1) is 39.9. The van der Waals surface area contributed by atoms with E-state index in [0.717, 1.165) is 85.2 Å². The maximum absolute atomic E-state index is 14.4. The third-order valence-electron chi connectivity index (χ3n) is 16.4. The Bertz CT molecular complexity index is 1730. The minimum atomic E-state index is -0.686. The number of amides is 2. The number of piperidine rings is 1. The van der Waals surface area contributed by atoms with Gasteiger partial charge in [-0.25, -0.2) is 4.98 Å². The van der Waals surface area contributed by atoms with Gasteiger partial charge in [-0.2, -0.15) is 0 Å². The predicted octanol–water partition coefficient (Wildman–Crippen LogP) is 9.26. The van der Waals surface area contributed by atoms with Gasteiger partial charge in [0.15, 0.2) is 0 Å². The third-order valence-corrected chi connectivity index (χ3v) is 16.4. The number of rotatable bonds is 21. The molecule has 1 saturated heterocycles. The van der Waals surface area contributed by atoms with Crippen molar-refractivity contribution >= 4 is 22.7 Å². The fraction of sp³-hybridized carbons (Fsp3) is 0.796. The molecule has 1 aliphatic heterocycles. The summed E-state index contributed by atoms with van der Waals surface area (Å²) < 4.78 is 1.67. The monoisotopic (exact) mass is 780 g/mol. The first-order valence-electron chi connectivity index (χ1n) is 24.2. The summed E-state index contributed by atoms with van der Waals surface area (Å²) in [4.78, 5) is 44.8. The van der Waals surface area contributed by atoms with Gasteiger partial charge in [-0.05, 0) is 176 Å². The van der Waals surface area contributed by atoms with Crippen LogP contribution in [0.5, 0.6) is 0 Å². The fourth-order valence-corrected chi connectivity index (χ4v) is 14.6. The maximum atomic E-state index is 14.4. The second kappa shape index (κ2) is 17.6. The molecule has 2 aromatic rings. The Morgan fingerprint density at radius 2 is 1.09 bits per heavy atom. The van der Waals surface area contributed by atoms with E-state index in [1.54, 1.807) is 4.57 Å². The molecule has 8 nitrogen and oxygen atoms in total. The van der Waals surface area contributed by atoms with Gasteiger partial charge in [0.1, 0.15) is 11.9 Å². The van der Waals surface area contributed by atoms with Gasteiger partial charge in [0, 0.05) is 23.9 Å². The number of imide groups is 1. The Morgan fingerprint density at radius 3 is 1.60 bits per heavy atom. The van der Waals surface area contributed by atoms with E-state index in [2.05, 4.69) is 22.0 Å². The number of aryl methyl sites for hydroxylation is 2. The van der Waals surface area contributed by atoms with Crippen LogP contribution in [0.4, 0.5) is 0 Å². The van der Waals surface area contributed by atoms with Gasteiger partial charge in [0.25, 0.3) is 5.56 Å². The maximum Gasteiger partial charge on any atom is 0.262 e. The van der Waals surface area contributed by atoms with Crippen molar-refractivity contribution in [2.75, 3.05) is 13.1 Å². The van der Waals surface area contributed by atoms with Crippen molar-refractivity contribution < 1.29 is 9.59 Å². The molecule has 0 spiro atoms. The lowest BCUT2D eigenvalue weighted by atomic mass is 9.53. The molecule has 2 heterocycles. The summed E-state index contributed by atoms with van der Waals surface area (Å²) >= 11 is 0. The molecule has 9 fully saturated rings. The second-order valence-electron chi connectivity index (χ2n) is 21.0. The molecular weight excluding hydrogens is 707 g/mol. The summed E-state index contributed by atoms with van der Waals surface area (Å²) in [6.07, 6.45) is 33.9. The normalized spacial score (nSPS) is 33.8. The molecule has 8 heteroatoms. The summed E-state index contributed by atoms with van der Waals surface area (Å²) in [5.74, 6) is 6.05. The van der Waals surface area contributed by atoms with E-state index < -0.39 is 6.04 Å². The lowest BCUT2D eigenvalue weighted by molar-refractivity contribution is -0.135. The molecule has 9 aliphatic rings. The highest BCUT2D eigenvalue weighted by atomic mass is 16.2. The van der Waals surface area contributed by atoms with Crippen molar-refractivity contribution in [1.29, 1.82) is 0 Å². The Balaban J connectivity index is 0.731. The second-order valence-corrected chi connectivity index (χ2v) is 21.0. The number of nitrogens with zero attached hydrogens (tertiary/aromatic N) is 2. The average molecular weight is 780 g/mol. The Labute approximate surface area is 342 Å². The van der Waals surface area contributed by atoms with Gasteiger partial charge in [-0.1, -0.05) is 63.5 Å². The summed E-state index contributed by atoms with van der Waals surface area (Å²) in [7, 11) is 0. The number of hydrogen-bond donors (Lipinski definition) is 3. The van der Waals surface area contributed by atoms with E-state index in [4.69, 9.17) is 4.98 Å². The first-order valence-corrected chi connectivity index (χ1v) is 24.2. The van der Waals surface area contributed by atoms with Crippen molar-refractivity contribution in [2.45, 2.75) is 197 Å². The summed E-state index contributed by atoms with van der Waals surface area (Å²) in [6.45, 7) is 2.34. The van der Waals surface area contributed by atoms with E-state index in [9.17, 15) is 14.4 Å². The largest absolute Gasteiger partial charge is 0.311 e. The number of aromatic nitrogens is 2. The van der Waals surface area contributed by atoms with Gasteiger partial charge in [0.05, 0.1) is 10.9 Å². The summed E-state index contributed by atoms with van der Waals surface area (Å²) in [6, 6.07) is 5.40. The molecule has 1 unspecified atom stereocenters. The number of nitrogens with one attached hydrogen (secondary N) is 3. The molecule has 0 radical (unpaired) electrons. The summed E-state index contributed by atoms with van der Waals surface area (Å²) in [5, 5.41) is 11.3. The highest BCUT2D eigenvalue weighted by Crippen LogP contribution is 2.56. The SMILES string of the molecule is O=C1CCC(n2c(CCCCCCCCNC34CC5CC(CC(C5)C3)C4)nc3cccc(CCCCCCCCNC45CC6CC(CC(C6)C4)C5)c3c2=O)C(=O)N1. The fourth-order valence-electron chi connectivity index (χ4n) is 14.6. The van der Waals surface area contributed by atoms with Crippen LogP contribution in [-0.2, 0) is 22.4 Å². The number of unbranched alkanes of at least 4 members (excludes halogenated alkanes) is 10. The average Bonchev–Trinajstić information content (AvgIpc) is 3.16. The van der Waals surface area contributed by atoms with Crippen LogP contribution in [0.2, 0.25) is 0 Å². The molecule has 11 rings (SSSR count). The van der Waals surface area contributed by atoms with Crippen molar-refractivity contribution in [3.8, 4) is 0 Å². The van der Waals surface area contributed by atoms with Crippen LogP contribution in [0, 0.1) is 35.5 Å². The number of carbonyl (C=O) groups is 2. The van der Waals surface area contributed by atoms with Crippen LogP contribution >= 0.6 is 0 Å². The van der Waals surface area contributed by atoms with Crippen molar-refractivity contribution in [3.63, 3.8) is 0 Å². The zero-order valence-electron chi connectivity index (χ0n) is 35.1. The Hall–Kier alpha value is -2.58. The number of hydrogen-bond acceptors (Lipinski definition) is 6. The predicted molar refractivity (Wildman–Crippen MR) is 228 cm³/mol. The van der Waals surface area contributed by atoms with Crippen LogP contribution in [0.15, 0.2) is 23.0 Å². The molecule has 1 aromatic carbocycles. The van der Waals surface area contributed by atoms with E-state index >= 15 is 0 Å². The molecule has 8 bridgehead atoms. The van der Waals surface area contributed by atoms with Gasteiger partial charge in [-0.3, -0.25) is 24.3 Å². The van der Waals surface area contributed by atoms with Gasteiger partial charge in [-0.15, -0.1) is 0 Å². The molecule has 3 N–H and O–H groups in total. The minimum Gasteiger partial charge on any atom is -0.311 e. The lowest BCUT2D eigenvalue weighted by Crippen LogP contribution is -2.58. The van der Waals surface area contributed by atoms with Crippen LogP contribution in [0.1, 0.15) is 184 Å². The first-order chi connectivity index (χ1) is 27.8. The van der Waals surface area contributed by atoms with Crippen molar-refractivity contribution in [1.82, 2.24) is 25.5 Å². The number of fused-ring (bicyclic) bond motifs is 1. The van der Waals surface area contributed by atoms with Crippen LogP contribution < -0.4 is 21.5 Å². The zero-order chi connectivity index (χ0) is 38.8. The van der Waals surface area contributed by atoms with E-state index in [1.165, 1.54) is 135 Å². The standard InChI is InChI=1S/C49H73N5O3/c55-44-19-18-42(46(56)53-44)54-43(17-10-6-2-4-8-12-21-51-49-31-37-25-38(32-49)27-39(26-37)33-49)52-41-16-13-15-40(45(41)47(54)57)14-9-5-1-3-7-11-20-50-48-28-34-22-35(29-48)24-36(23-34)30-48/h13,15-16,34-39,42,50-51H,1-12,14,17-33H2,(H,53,55,56). The smallest absolute Gasteiger partial charge is 0.262 e. The lowest BCUT2D eigenvalue weighted by Gasteiger charge is -2.57. The Morgan fingerprint density at radius 1 is 0.614 bits per heavy atom. The minimum absolute atomic E-state index is 0.113. The molecular formula is C49H73N5O3. The topological polar surface area (TPSA) is 105 Å². The van der Waals surface area contributed by atoms with Crippen LogP contribution in [0.3, 0.4) is 0 Å². The Kier molecular flexibility index (Phi) is 12.3. The quantitative estimate of drug-likeness (QED) is 0.0863. The highest BCUT2D eigenvalue weighted by Gasteiger charge is 2.51. The van der Waals surface area contributed by atoms with Crippen LogP contribution in [-0.4, -0.2) is 45.5 Å². The number of benzene rings is 1. The molecule has 1 atom stereocenters. The number of carbonyl (C=O) groups excluding carboxylic acids is 2.